The van der Waals surface area contributed by atoms with E-state index in [9.17, 15) is 9.90 Å². The van der Waals surface area contributed by atoms with E-state index in [0.29, 0.717) is 31.7 Å². The van der Waals surface area contributed by atoms with E-state index in [-0.39, 0.29) is 0 Å². The molecule has 3 rings (SSSR count). The summed E-state index contributed by atoms with van der Waals surface area (Å²) in [4.78, 5) is 19.7. The summed E-state index contributed by atoms with van der Waals surface area (Å²) in [5.74, 6) is 1.29. The summed E-state index contributed by atoms with van der Waals surface area (Å²) in [6.07, 6.45) is 6.27. The van der Waals surface area contributed by atoms with Crippen LogP contribution in [-0.2, 0) is 0 Å². The highest BCUT2D eigenvalue weighted by atomic mass is 16.5. The number of carbonyl (C=O) groups is 1. The summed E-state index contributed by atoms with van der Waals surface area (Å²) in [6, 6.07) is 4.66. The van der Waals surface area contributed by atoms with Gasteiger partial charge in [0.15, 0.2) is 0 Å². The molecule has 25 heavy (non-hydrogen) atoms. The third kappa shape index (κ3) is 4.42. The van der Waals surface area contributed by atoms with Crippen molar-refractivity contribution in [1.29, 1.82) is 0 Å². The Balaban J connectivity index is 1.56. The molecule has 1 atom stereocenters. The van der Waals surface area contributed by atoms with E-state index in [1.165, 1.54) is 5.56 Å². The quantitative estimate of drug-likeness (QED) is 0.906. The number of nitrogens with zero attached hydrogens (tertiary/aromatic N) is 3. The fourth-order valence-electron chi connectivity index (χ4n) is 4.18. The van der Waals surface area contributed by atoms with Crippen LogP contribution < -0.4 is 4.74 Å². The Bertz CT molecular complexity index is 573. The highest BCUT2D eigenvalue weighted by Crippen LogP contribution is 2.34. The van der Waals surface area contributed by atoms with Gasteiger partial charge in [-0.25, -0.2) is 9.78 Å². The molecule has 0 aliphatic carbocycles. The van der Waals surface area contributed by atoms with Crippen LogP contribution in [0.25, 0.3) is 0 Å². The molecule has 1 aromatic rings. The maximum Gasteiger partial charge on any atom is 0.407 e. The predicted octanol–water partition coefficient (Wildman–Crippen LogP) is 3.19. The van der Waals surface area contributed by atoms with Gasteiger partial charge in [0.05, 0.1) is 6.61 Å². The van der Waals surface area contributed by atoms with E-state index in [1.807, 2.05) is 13.0 Å². The van der Waals surface area contributed by atoms with E-state index >= 15 is 0 Å². The largest absolute Gasteiger partial charge is 0.478 e. The van der Waals surface area contributed by atoms with Gasteiger partial charge in [-0.3, -0.25) is 0 Å². The molecule has 2 aliphatic rings. The number of hydrogen-bond donors (Lipinski definition) is 1. The molecular weight excluding hydrogens is 318 g/mol. The summed E-state index contributed by atoms with van der Waals surface area (Å²) < 4.78 is 5.70. The molecule has 0 saturated carbocycles. The first-order valence-electron chi connectivity index (χ1n) is 9.48. The van der Waals surface area contributed by atoms with Gasteiger partial charge in [0.2, 0.25) is 5.88 Å². The van der Waals surface area contributed by atoms with Crippen LogP contribution in [0.3, 0.4) is 0 Å². The zero-order valence-corrected chi connectivity index (χ0v) is 15.1. The number of ether oxygens (including phenoxy) is 1. The number of hydrogen-bond acceptors (Lipinski definition) is 4. The van der Waals surface area contributed by atoms with Gasteiger partial charge >= 0.3 is 6.09 Å². The number of likely N-dealkylation sites (tertiary alicyclic amines) is 2. The van der Waals surface area contributed by atoms with Crippen molar-refractivity contribution in [3.63, 3.8) is 0 Å². The number of carboxylic acid groups (broad SMARTS) is 1. The van der Waals surface area contributed by atoms with Crippen LogP contribution in [0.1, 0.15) is 50.5 Å². The molecule has 0 aromatic carbocycles. The summed E-state index contributed by atoms with van der Waals surface area (Å²) in [7, 11) is 0. The standard InChI is InChI=1S/C19H29N3O3/c1-2-25-18-17(6-3-10-20-18)15-7-12-21(13-8-15)16-5-4-11-22(14-9-16)19(23)24/h3,6,10,15-16H,2,4-5,7-9,11-14H2,1H3,(H,23,24). The van der Waals surface area contributed by atoms with E-state index in [0.717, 1.165) is 51.1 Å². The number of amides is 1. The Morgan fingerprint density at radius 3 is 2.76 bits per heavy atom. The molecule has 1 amide bonds. The number of pyridine rings is 1. The van der Waals surface area contributed by atoms with Crippen molar-refractivity contribution in [2.45, 2.75) is 51.0 Å². The van der Waals surface area contributed by atoms with Gasteiger partial charge in [0.25, 0.3) is 0 Å². The van der Waals surface area contributed by atoms with Crippen molar-refractivity contribution < 1.29 is 14.6 Å². The van der Waals surface area contributed by atoms with Gasteiger partial charge < -0.3 is 19.6 Å². The first kappa shape index (κ1) is 18.0. The first-order chi connectivity index (χ1) is 12.2. The Hall–Kier alpha value is -1.82. The zero-order chi connectivity index (χ0) is 17.6. The summed E-state index contributed by atoms with van der Waals surface area (Å²) in [5.41, 5.74) is 1.24. The molecule has 0 radical (unpaired) electrons. The Kier molecular flexibility index (Phi) is 6.13. The van der Waals surface area contributed by atoms with Crippen molar-refractivity contribution in [3.05, 3.63) is 23.9 Å². The van der Waals surface area contributed by atoms with E-state index in [4.69, 9.17) is 4.74 Å². The van der Waals surface area contributed by atoms with Crippen molar-refractivity contribution >= 4 is 6.09 Å². The lowest BCUT2D eigenvalue weighted by molar-refractivity contribution is 0.131. The third-order valence-electron chi connectivity index (χ3n) is 5.54. The Morgan fingerprint density at radius 1 is 1.24 bits per heavy atom. The lowest BCUT2D eigenvalue weighted by Crippen LogP contribution is -2.41. The second-order valence-electron chi connectivity index (χ2n) is 7.00. The van der Waals surface area contributed by atoms with Crippen molar-refractivity contribution in [2.24, 2.45) is 0 Å². The average molecular weight is 347 g/mol. The second-order valence-corrected chi connectivity index (χ2v) is 7.00. The van der Waals surface area contributed by atoms with Gasteiger partial charge in [-0.15, -0.1) is 0 Å². The summed E-state index contributed by atoms with van der Waals surface area (Å²) in [5, 5.41) is 9.18. The molecule has 138 valence electrons. The van der Waals surface area contributed by atoms with Crippen molar-refractivity contribution in [2.75, 3.05) is 32.8 Å². The van der Waals surface area contributed by atoms with E-state index in [1.54, 1.807) is 11.1 Å². The monoisotopic (exact) mass is 347 g/mol. The van der Waals surface area contributed by atoms with Gasteiger partial charge in [0, 0.05) is 30.9 Å². The minimum atomic E-state index is -0.778. The molecule has 0 bridgehead atoms. The highest BCUT2D eigenvalue weighted by molar-refractivity contribution is 5.64. The smallest absolute Gasteiger partial charge is 0.407 e. The molecule has 1 N–H and O–H groups in total. The molecular formula is C19H29N3O3. The van der Waals surface area contributed by atoms with Gasteiger partial charge in [-0.05, 0) is 64.1 Å². The summed E-state index contributed by atoms with van der Waals surface area (Å²) >= 11 is 0. The number of aromatic nitrogens is 1. The normalized spacial score (nSPS) is 23.2. The molecule has 6 heteroatoms. The highest BCUT2D eigenvalue weighted by Gasteiger charge is 2.29. The van der Waals surface area contributed by atoms with Crippen LogP contribution in [0.15, 0.2) is 18.3 Å². The minimum absolute atomic E-state index is 0.507. The van der Waals surface area contributed by atoms with Gasteiger partial charge in [-0.1, -0.05) is 6.07 Å². The molecule has 2 fully saturated rings. The average Bonchev–Trinajstić information content (AvgIpc) is 2.89. The molecule has 1 aromatic heterocycles. The fraction of sp³-hybridized carbons (Fsp3) is 0.684. The SMILES string of the molecule is CCOc1ncccc1C1CCN(C2CCCN(C(=O)O)CC2)CC1. The molecule has 1 unspecified atom stereocenters. The molecule has 0 spiro atoms. The topological polar surface area (TPSA) is 65.9 Å². The van der Waals surface area contributed by atoms with Crippen LogP contribution in [0.4, 0.5) is 4.79 Å². The number of piperidine rings is 1. The first-order valence-corrected chi connectivity index (χ1v) is 9.48. The van der Waals surface area contributed by atoms with Crippen LogP contribution in [0.5, 0.6) is 5.88 Å². The Labute approximate surface area is 149 Å². The zero-order valence-electron chi connectivity index (χ0n) is 15.1. The maximum absolute atomic E-state index is 11.2. The predicted molar refractivity (Wildman–Crippen MR) is 96.2 cm³/mol. The maximum atomic E-state index is 11.2. The third-order valence-corrected chi connectivity index (χ3v) is 5.54. The van der Waals surface area contributed by atoms with Crippen LogP contribution >= 0.6 is 0 Å². The molecule has 6 nitrogen and oxygen atoms in total. The minimum Gasteiger partial charge on any atom is -0.478 e. The number of rotatable bonds is 4. The summed E-state index contributed by atoms with van der Waals surface area (Å²) in [6.45, 7) is 6.12. The molecule has 3 heterocycles. The van der Waals surface area contributed by atoms with Gasteiger partial charge in [-0.2, -0.15) is 0 Å². The Morgan fingerprint density at radius 2 is 2.04 bits per heavy atom. The lowest BCUT2D eigenvalue weighted by Gasteiger charge is -2.37. The van der Waals surface area contributed by atoms with Gasteiger partial charge in [0.1, 0.15) is 0 Å². The molecule has 2 aliphatic heterocycles. The fourth-order valence-corrected chi connectivity index (χ4v) is 4.18. The second kappa shape index (κ2) is 8.52. The van der Waals surface area contributed by atoms with E-state index in [2.05, 4.69) is 16.0 Å². The van der Waals surface area contributed by atoms with Crippen molar-refractivity contribution in [1.82, 2.24) is 14.8 Å². The van der Waals surface area contributed by atoms with Crippen LogP contribution in [-0.4, -0.2) is 64.8 Å². The van der Waals surface area contributed by atoms with Crippen molar-refractivity contribution in [3.8, 4) is 5.88 Å². The van der Waals surface area contributed by atoms with Crippen LogP contribution in [0, 0.1) is 0 Å². The molecule has 2 saturated heterocycles. The van der Waals surface area contributed by atoms with Crippen LogP contribution in [0.2, 0.25) is 0 Å². The van der Waals surface area contributed by atoms with E-state index < -0.39 is 6.09 Å². The lowest BCUT2D eigenvalue weighted by atomic mass is 9.89.